The van der Waals surface area contributed by atoms with Crippen molar-refractivity contribution in [3.05, 3.63) is 5.69 Å². The fraction of sp³-hybridized carbons (Fsp3) is 0. The predicted molar refractivity (Wildman–Crippen MR) is 44.1 cm³/mol. The lowest BCUT2D eigenvalue weighted by atomic mass is 10.4. The first kappa shape index (κ1) is 7.49. The van der Waals surface area contributed by atoms with Crippen LogP contribution in [-0.2, 0) is 0 Å². The summed E-state index contributed by atoms with van der Waals surface area (Å²) in [6, 6.07) is 0. The van der Waals surface area contributed by atoms with Gasteiger partial charge in [0, 0.05) is 0 Å². The third-order valence-electron chi connectivity index (χ3n) is 0.942. The number of aromatic amines is 1. The Morgan fingerprint density at radius 3 is 2.40 bits per heavy atom. The number of nitrogen functional groups attached to an aromatic ring is 1. The quantitative estimate of drug-likeness (QED) is 0.241. The second kappa shape index (κ2) is 2.55. The Bertz CT molecular complexity index is 266. The van der Waals surface area contributed by atoms with Crippen molar-refractivity contribution in [3.8, 4) is 0 Å². The molecule has 0 spiro atoms. The van der Waals surface area contributed by atoms with Crippen LogP contribution in [0.15, 0.2) is 10.2 Å². The maximum Gasteiger partial charge on any atom is 0.163 e. The Kier molecular flexibility index (Phi) is 1.91. The summed E-state index contributed by atoms with van der Waals surface area (Å²) in [5, 5.41) is 7.83. The van der Waals surface area contributed by atoms with E-state index >= 15 is 0 Å². The first-order chi connectivity index (χ1) is 4.61. The van der Waals surface area contributed by atoms with Crippen molar-refractivity contribution < 1.29 is 0 Å². The molecular weight excluding hydrogens is 168 g/mol. The molecule has 0 aliphatic rings. The highest BCUT2D eigenvalue weighted by Crippen LogP contribution is 2.11. The van der Waals surface area contributed by atoms with Crippen molar-refractivity contribution in [1.82, 2.24) is 9.97 Å². The molecule has 0 radical (unpaired) electrons. The molecule has 0 saturated heterocycles. The summed E-state index contributed by atoms with van der Waals surface area (Å²) in [7, 11) is 0. The molecule has 1 aromatic rings. The number of hydrogen-bond donors (Lipinski definition) is 5. The highest BCUT2D eigenvalue weighted by atomic mass is 32.1. The minimum atomic E-state index is -0.0854. The highest BCUT2D eigenvalue weighted by Gasteiger charge is 2.05. The van der Waals surface area contributed by atoms with Crippen molar-refractivity contribution >= 4 is 31.1 Å². The van der Waals surface area contributed by atoms with Crippen LogP contribution in [0.25, 0.3) is 0 Å². The lowest BCUT2D eigenvalue weighted by Crippen LogP contribution is -2.12. The number of rotatable bonds is 1. The van der Waals surface area contributed by atoms with Gasteiger partial charge in [-0.05, 0) is 0 Å². The number of thiol groups is 2. The van der Waals surface area contributed by atoms with Crippen LogP contribution in [0.4, 0.5) is 0 Å². The molecular formula is C4H6N4S2. The van der Waals surface area contributed by atoms with Crippen LogP contribution in [-0.4, -0.2) is 15.8 Å². The summed E-state index contributed by atoms with van der Waals surface area (Å²) in [6.45, 7) is 0. The summed E-state index contributed by atoms with van der Waals surface area (Å²) in [6.07, 6.45) is 0. The number of amidine groups is 1. The predicted octanol–water partition coefficient (Wildman–Crippen LogP) is 0.271. The SMILES string of the molecule is N=C(N)c1[nH]c(S)nc1S. The number of imidazole rings is 1. The van der Waals surface area contributed by atoms with E-state index < -0.39 is 0 Å². The minimum absolute atomic E-state index is 0.0854. The average Bonchev–Trinajstić information content (AvgIpc) is 2.10. The Balaban J connectivity index is 3.15. The molecule has 6 heteroatoms. The molecule has 10 heavy (non-hydrogen) atoms. The van der Waals surface area contributed by atoms with E-state index in [9.17, 15) is 0 Å². The lowest BCUT2D eigenvalue weighted by molar-refractivity contribution is 1.03. The number of nitrogens with one attached hydrogen (secondary N) is 2. The van der Waals surface area contributed by atoms with Crippen molar-refractivity contribution in [1.29, 1.82) is 5.41 Å². The van der Waals surface area contributed by atoms with Gasteiger partial charge in [-0.1, -0.05) is 0 Å². The maximum absolute atomic E-state index is 7.01. The van der Waals surface area contributed by atoms with Crippen molar-refractivity contribution in [2.75, 3.05) is 0 Å². The second-order valence-corrected chi connectivity index (χ2v) is 2.52. The number of aromatic nitrogens is 2. The van der Waals surface area contributed by atoms with Gasteiger partial charge in [0.2, 0.25) is 0 Å². The topological polar surface area (TPSA) is 78.5 Å². The Labute approximate surface area is 68.6 Å². The Hall–Kier alpha value is -0.620. The maximum atomic E-state index is 7.01. The molecule has 0 fully saturated rings. The monoisotopic (exact) mass is 174 g/mol. The standard InChI is InChI=1S/C4H6N4S2/c5-2(6)1-3(9)8-4(10)7-1/h9H,(H3,5,6)(H2,7,8,10). The van der Waals surface area contributed by atoms with Crippen molar-refractivity contribution in [2.45, 2.75) is 10.2 Å². The van der Waals surface area contributed by atoms with E-state index in [1.54, 1.807) is 0 Å². The zero-order chi connectivity index (χ0) is 7.72. The summed E-state index contributed by atoms with van der Waals surface area (Å²) in [4.78, 5) is 6.46. The molecule has 0 aliphatic carbocycles. The van der Waals surface area contributed by atoms with Crippen LogP contribution in [0.2, 0.25) is 0 Å². The van der Waals surface area contributed by atoms with E-state index in [2.05, 4.69) is 35.2 Å². The molecule has 0 aromatic carbocycles. The minimum Gasteiger partial charge on any atom is -0.382 e. The van der Waals surface area contributed by atoms with Crippen LogP contribution >= 0.6 is 25.3 Å². The zero-order valence-electron chi connectivity index (χ0n) is 4.92. The van der Waals surface area contributed by atoms with Gasteiger partial charge in [-0.2, -0.15) is 0 Å². The van der Waals surface area contributed by atoms with E-state index in [1.807, 2.05) is 0 Å². The smallest absolute Gasteiger partial charge is 0.163 e. The van der Waals surface area contributed by atoms with E-state index in [4.69, 9.17) is 11.1 Å². The molecule has 0 unspecified atom stereocenters. The summed E-state index contributed by atoms with van der Waals surface area (Å²) in [5.41, 5.74) is 5.57. The third-order valence-corrected chi connectivity index (χ3v) is 1.48. The lowest BCUT2D eigenvalue weighted by Gasteiger charge is -1.90. The van der Waals surface area contributed by atoms with E-state index in [-0.39, 0.29) is 5.84 Å². The molecule has 0 aliphatic heterocycles. The second-order valence-electron chi connectivity index (χ2n) is 1.67. The van der Waals surface area contributed by atoms with Crippen molar-refractivity contribution in [3.63, 3.8) is 0 Å². The van der Waals surface area contributed by atoms with Crippen LogP contribution in [0.1, 0.15) is 5.69 Å². The van der Waals surface area contributed by atoms with E-state index in [0.717, 1.165) is 0 Å². The Morgan fingerprint density at radius 2 is 2.20 bits per heavy atom. The zero-order valence-corrected chi connectivity index (χ0v) is 6.71. The molecule has 4 N–H and O–H groups in total. The van der Waals surface area contributed by atoms with Gasteiger partial charge in [0.05, 0.1) is 0 Å². The molecule has 0 amide bonds. The van der Waals surface area contributed by atoms with Gasteiger partial charge in [-0.15, -0.1) is 25.3 Å². The first-order valence-corrected chi connectivity index (χ1v) is 3.33. The van der Waals surface area contributed by atoms with Crippen LogP contribution in [0, 0.1) is 5.41 Å². The molecule has 0 atom stereocenters. The van der Waals surface area contributed by atoms with E-state index in [0.29, 0.717) is 15.9 Å². The van der Waals surface area contributed by atoms with Gasteiger partial charge < -0.3 is 10.7 Å². The van der Waals surface area contributed by atoms with Crippen LogP contribution < -0.4 is 5.73 Å². The van der Waals surface area contributed by atoms with Gasteiger partial charge in [0.1, 0.15) is 16.6 Å². The fourth-order valence-electron chi connectivity index (χ4n) is 0.540. The summed E-state index contributed by atoms with van der Waals surface area (Å²) < 4.78 is 0. The first-order valence-electron chi connectivity index (χ1n) is 2.43. The van der Waals surface area contributed by atoms with Gasteiger partial charge in [0.15, 0.2) is 5.16 Å². The van der Waals surface area contributed by atoms with Crippen LogP contribution in [0.3, 0.4) is 0 Å². The average molecular weight is 174 g/mol. The summed E-state index contributed by atoms with van der Waals surface area (Å²) in [5.74, 6) is -0.0854. The van der Waals surface area contributed by atoms with Gasteiger partial charge in [-0.3, -0.25) is 5.41 Å². The van der Waals surface area contributed by atoms with Crippen molar-refractivity contribution in [2.24, 2.45) is 5.73 Å². The fourth-order valence-corrected chi connectivity index (χ4v) is 1.11. The molecule has 1 rings (SSSR count). The molecule has 0 saturated carbocycles. The molecule has 4 nitrogen and oxygen atoms in total. The molecule has 1 aromatic heterocycles. The van der Waals surface area contributed by atoms with Gasteiger partial charge in [-0.25, -0.2) is 4.98 Å². The normalized spacial score (nSPS) is 9.80. The Morgan fingerprint density at radius 1 is 1.60 bits per heavy atom. The number of nitrogens with two attached hydrogens (primary N) is 1. The van der Waals surface area contributed by atoms with Gasteiger partial charge >= 0.3 is 0 Å². The number of H-pyrrole nitrogens is 1. The molecule has 54 valence electrons. The molecule has 0 bridgehead atoms. The largest absolute Gasteiger partial charge is 0.382 e. The molecule has 1 heterocycles. The number of hydrogen-bond acceptors (Lipinski definition) is 4. The van der Waals surface area contributed by atoms with E-state index in [1.165, 1.54) is 0 Å². The summed E-state index contributed by atoms with van der Waals surface area (Å²) >= 11 is 7.85. The van der Waals surface area contributed by atoms with Gasteiger partial charge in [0.25, 0.3) is 0 Å². The number of nitrogens with zero attached hydrogens (tertiary/aromatic N) is 1. The van der Waals surface area contributed by atoms with Crippen LogP contribution in [0.5, 0.6) is 0 Å². The third kappa shape index (κ3) is 1.27. The highest BCUT2D eigenvalue weighted by molar-refractivity contribution is 7.80.